The molecule has 0 aliphatic heterocycles. The molecule has 2 rings (SSSR count). The number of aromatic nitrogens is 2. The molecule has 1 aromatic carbocycles. The van der Waals surface area contributed by atoms with Crippen LogP contribution < -0.4 is 9.80 Å². The van der Waals surface area contributed by atoms with E-state index in [1.54, 1.807) is 12.1 Å². The van der Waals surface area contributed by atoms with Gasteiger partial charge in [0.15, 0.2) is 0 Å². The molecule has 1 aromatic heterocycles. The van der Waals surface area contributed by atoms with E-state index in [1.165, 1.54) is 19.2 Å². The number of benzene rings is 1. The van der Waals surface area contributed by atoms with Gasteiger partial charge in [0.2, 0.25) is 0 Å². The highest BCUT2D eigenvalue weighted by molar-refractivity contribution is 5.77. The zero-order chi connectivity index (χ0) is 20.1. The minimum absolute atomic E-state index is 0.0380. The Morgan fingerprint density at radius 1 is 1.07 bits per heavy atom. The number of carbonyl (C=O) groups is 1. The number of rotatable bonds is 7. The average molecular weight is 373 g/mol. The first-order valence-corrected chi connectivity index (χ1v) is 8.27. The SMILES string of the molecule is COC(=O)Cc1c(N(C)C)nc(Cc2ccc([N+](=O)[O-])cc2)nc1N(C)C. The molecular weight excluding hydrogens is 350 g/mol. The molecule has 0 saturated heterocycles. The molecule has 0 spiro atoms. The van der Waals surface area contributed by atoms with Crippen LogP contribution in [-0.2, 0) is 22.4 Å². The number of methoxy groups -OCH3 is 1. The van der Waals surface area contributed by atoms with Crippen molar-refractivity contribution in [1.29, 1.82) is 0 Å². The molecule has 0 aliphatic carbocycles. The first-order valence-electron chi connectivity index (χ1n) is 8.27. The summed E-state index contributed by atoms with van der Waals surface area (Å²) < 4.78 is 4.79. The average Bonchev–Trinajstić information content (AvgIpc) is 2.62. The summed E-state index contributed by atoms with van der Waals surface area (Å²) in [7, 11) is 8.73. The topological polar surface area (TPSA) is 102 Å². The Balaban J connectivity index is 2.45. The van der Waals surface area contributed by atoms with E-state index >= 15 is 0 Å². The standard InChI is InChI=1S/C18H23N5O4/c1-21(2)17-14(11-16(24)27-5)18(22(3)4)20-15(19-17)10-12-6-8-13(9-7-12)23(25)26/h6-9H,10-11H2,1-5H3. The number of esters is 1. The van der Waals surface area contributed by atoms with Crippen LogP contribution in [0.25, 0.3) is 0 Å². The summed E-state index contributed by atoms with van der Waals surface area (Å²) in [5.41, 5.74) is 1.58. The lowest BCUT2D eigenvalue weighted by molar-refractivity contribution is -0.384. The van der Waals surface area contributed by atoms with Crippen LogP contribution in [0.5, 0.6) is 0 Å². The van der Waals surface area contributed by atoms with Gasteiger partial charge >= 0.3 is 5.97 Å². The third kappa shape index (κ3) is 4.90. The van der Waals surface area contributed by atoms with Gasteiger partial charge in [-0.25, -0.2) is 9.97 Å². The number of nitro benzene ring substituents is 1. The molecule has 0 fully saturated rings. The summed E-state index contributed by atoms with van der Waals surface area (Å²) in [4.78, 5) is 35.0. The monoisotopic (exact) mass is 373 g/mol. The van der Waals surface area contributed by atoms with E-state index in [9.17, 15) is 14.9 Å². The van der Waals surface area contributed by atoms with E-state index < -0.39 is 4.92 Å². The maximum atomic E-state index is 11.8. The van der Waals surface area contributed by atoms with Gasteiger partial charge in [-0.3, -0.25) is 14.9 Å². The number of hydrogen-bond donors (Lipinski definition) is 0. The van der Waals surface area contributed by atoms with E-state index in [0.29, 0.717) is 29.4 Å². The fourth-order valence-corrected chi connectivity index (χ4v) is 2.62. The highest BCUT2D eigenvalue weighted by atomic mass is 16.6. The minimum Gasteiger partial charge on any atom is -0.469 e. The van der Waals surface area contributed by atoms with Crippen molar-refractivity contribution in [2.24, 2.45) is 0 Å². The van der Waals surface area contributed by atoms with Gasteiger partial charge in [0.25, 0.3) is 5.69 Å². The Hall–Kier alpha value is -3.23. The van der Waals surface area contributed by atoms with E-state index in [1.807, 2.05) is 38.0 Å². The summed E-state index contributed by atoms with van der Waals surface area (Å²) in [6.45, 7) is 0. The van der Waals surface area contributed by atoms with Gasteiger partial charge < -0.3 is 14.5 Å². The third-order valence-corrected chi connectivity index (χ3v) is 3.92. The Morgan fingerprint density at radius 2 is 1.59 bits per heavy atom. The first kappa shape index (κ1) is 20.1. The Morgan fingerprint density at radius 3 is 2.00 bits per heavy atom. The number of hydrogen-bond acceptors (Lipinski definition) is 8. The van der Waals surface area contributed by atoms with Crippen LogP contribution in [0.1, 0.15) is 17.0 Å². The molecular formula is C18H23N5O4. The van der Waals surface area contributed by atoms with Crippen molar-refractivity contribution in [3.05, 3.63) is 51.3 Å². The third-order valence-electron chi connectivity index (χ3n) is 3.92. The van der Waals surface area contributed by atoms with Crippen LogP contribution >= 0.6 is 0 Å². The molecule has 144 valence electrons. The van der Waals surface area contributed by atoms with Crippen LogP contribution in [0.15, 0.2) is 24.3 Å². The number of nitro groups is 1. The van der Waals surface area contributed by atoms with E-state index in [-0.39, 0.29) is 18.1 Å². The number of anilines is 2. The number of nitrogens with zero attached hydrogens (tertiary/aromatic N) is 5. The van der Waals surface area contributed by atoms with Gasteiger partial charge in [-0.15, -0.1) is 0 Å². The number of non-ortho nitro benzene ring substituents is 1. The second-order valence-electron chi connectivity index (χ2n) is 6.41. The molecule has 0 amide bonds. The van der Waals surface area contributed by atoms with Gasteiger partial charge in [0.1, 0.15) is 17.5 Å². The zero-order valence-electron chi connectivity index (χ0n) is 16.1. The van der Waals surface area contributed by atoms with Crippen LogP contribution in [0, 0.1) is 10.1 Å². The zero-order valence-corrected chi connectivity index (χ0v) is 16.1. The van der Waals surface area contributed by atoms with Gasteiger partial charge in [-0.1, -0.05) is 12.1 Å². The van der Waals surface area contributed by atoms with Gasteiger partial charge in [-0.2, -0.15) is 0 Å². The van der Waals surface area contributed by atoms with E-state index in [2.05, 4.69) is 9.97 Å². The highest BCUT2D eigenvalue weighted by Crippen LogP contribution is 2.27. The number of ether oxygens (including phenoxy) is 1. The van der Waals surface area contributed by atoms with E-state index in [0.717, 1.165) is 5.56 Å². The lowest BCUT2D eigenvalue weighted by Gasteiger charge is -2.23. The summed E-state index contributed by atoms with van der Waals surface area (Å²) in [6, 6.07) is 6.30. The summed E-state index contributed by atoms with van der Waals surface area (Å²) >= 11 is 0. The largest absolute Gasteiger partial charge is 0.469 e. The van der Waals surface area contributed by atoms with Crippen molar-refractivity contribution in [2.75, 3.05) is 45.1 Å². The fraction of sp³-hybridized carbons (Fsp3) is 0.389. The molecule has 0 N–H and O–H groups in total. The molecule has 2 aromatic rings. The molecule has 0 aliphatic rings. The smallest absolute Gasteiger partial charge is 0.310 e. The molecule has 0 saturated carbocycles. The molecule has 0 bridgehead atoms. The molecule has 0 atom stereocenters. The fourth-order valence-electron chi connectivity index (χ4n) is 2.62. The van der Waals surface area contributed by atoms with Gasteiger partial charge in [-0.05, 0) is 5.56 Å². The molecule has 9 heteroatoms. The van der Waals surface area contributed by atoms with Crippen molar-refractivity contribution < 1.29 is 14.5 Å². The van der Waals surface area contributed by atoms with Crippen molar-refractivity contribution >= 4 is 23.3 Å². The Labute approximate surface area is 157 Å². The quantitative estimate of drug-likeness (QED) is 0.411. The molecule has 0 radical (unpaired) electrons. The second kappa shape index (κ2) is 8.43. The predicted molar refractivity (Wildman–Crippen MR) is 102 cm³/mol. The van der Waals surface area contributed by atoms with Crippen LogP contribution in [-0.4, -0.2) is 56.2 Å². The summed E-state index contributed by atoms with van der Waals surface area (Å²) in [5, 5.41) is 10.8. The maximum Gasteiger partial charge on any atom is 0.310 e. The maximum absolute atomic E-state index is 11.8. The minimum atomic E-state index is -0.434. The number of carbonyl (C=O) groups excluding carboxylic acids is 1. The van der Waals surface area contributed by atoms with Crippen molar-refractivity contribution in [1.82, 2.24) is 9.97 Å². The molecule has 9 nitrogen and oxygen atoms in total. The summed E-state index contributed by atoms with van der Waals surface area (Å²) in [5.74, 6) is 1.46. The van der Waals surface area contributed by atoms with Crippen molar-refractivity contribution in [2.45, 2.75) is 12.8 Å². The van der Waals surface area contributed by atoms with Gasteiger partial charge in [0, 0.05) is 52.3 Å². The normalized spacial score (nSPS) is 10.4. The molecule has 27 heavy (non-hydrogen) atoms. The van der Waals surface area contributed by atoms with E-state index in [4.69, 9.17) is 4.74 Å². The van der Waals surface area contributed by atoms with Crippen LogP contribution in [0.2, 0.25) is 0 Å². The summed E-state index contributed by atoms with van der Waals surface area (Å²) in [6.07, 6.45) is 0.480. The predicted octanol–water partition coefficient (Wildman–Crippen LogP) is 1.82. The van der Waals surface area contributed by atoms with Gasteiger partial charge in [0.05, 0.1) is 18.5 Å². The Kier molecular flexibility index (Phi) is 6.27. The van der Waals surface area contributed by atoms with Crippen molar-refractivity contribution in [3.63, 3.8) is 0 Å². The van der Waals surface area contributed by atoms with Crippen LogP contribution in [0.3, 0.4) is 0 Å². The van der Waals surface area contributed by atoms with Crippen LogP contribution in [0.4, 0.5) is 17.3 Å². The lowest BCUT2D eigenvalue weighted by atomic mass is 10.1. The molecule has 1 heterocycles. The lowest BCUT2D eigenvalue weighted by Crippen LogP contribution is -2.23. The first-order chi connectivity index (χ1) is 12.7. The van der Waals surface area contributed by atoms with Crippen molar-refractivity contribution in [3.8, 4) is 0 Å². The highest BCUT2D eigenvalue weighted by Gasteiger charge is 2.20. The molecule has 0 unspecified atom stereocenters. The second-order valence-corrected chi connectivity index (χ2v) is 6.41. The Bertz CT molecular complexity index is 805.